The highest BCUT2D eigenvalue weighted by atomic mass is 16.1. The van der Waals surface area contributed by atoms with Crippen LogP contribution in [0, 0.1) is 5.92 Å². The minimum atomic E-state index is -0.137. The molecule has 0 amide bonds. The second-order valence-electron chi connectivity index (χ2n) is 7.60. The van der Waals surface area contributed by atoms with Crippen LogP contribution < -0.4 is 0 Å². The molecule has 1 saturated heterocycles. The molecule has 2 fully saturated rings. The minimum absolute atomic E-state index is 0.137. The first-order chi connectivity index (χ1) is 11.1. The molecule has 122 valence electrons. The Bertz CT molecular complexity index is 651. The molecule has 3 unspecified atom stereocenters. The van der Waals surface area contributed by atoms with E-state index in [0.717, 1.165) is 17.9 Å². The molecule has 3 aliphatic rings. The van der Waals surface area contributed by atoms with Crippen LogP contribution >= 0.6 is 0 Å². The number of hydrogen-bond donors (Lipinski definition) is 0. The Morgan fingerprint density at radius 3 is 2.65 bits per heavy atom. The number of carbonyl (C=O) groups is 1. The standard InChI is InChI=1S/C20H26N2O/c1-14-15(2)22-18-6-4-3-5-16(18)7-10-20(22,13-19(14)23)17-8-11-21-12-9-17/h8-9,11-12,16,18H,3-7,10,13H2,1-2H3. The topological polar surface area (TPSA) is 33.2 Å². The summed E-state index contributed by atoms with van der Waals surface area (Å²) in [6.45, 7) is 4.18. The van der Waals surface area contributed by atoms with Crippen LogP contribution in [0.4, 0.5) is 0 Å². The van der Waals surface area contributed by atoms with E-state index >= 15 is 0 Å². The van der Waals surface area contributed by atoms with Gasteiger partial charge in [0.2, 0.25) is 0 Å². The number of pyridine rings is 1. The second-order valence-corrected chi connectivity index (χ2v) is 7.60. The molecule has 4 rings (SSSR count). The van der Waals surface area contributed by atoms with E-state index in [1.54, 1.807) is 0 Å². The van der Waals surface area contributed by atoms with Crippen LogP contribution in [0.2, 0.25) is 0 Å². The second kappa shape index (κ2) is 5.47. The molecular weight excluding hydrogens is 284 g/mol. The molecule has 3 heteroatoms. The van der Waals surface area contributed by atoms with Gasteiger partial charge in [-0.15, -0.1) is 0 Å². The smallest absolute Gasteiger partial charge is 0.162 e. The molecule has 1 saturated carbocycles. The van der Waals surface area contributed by atoms with Crippen LogP contribution in [0.3, 0.4) is 0 Å². The fourth-order valence-electron chi connectivity index (χ4n) is 5.30. The number of rotatable bonds is 1. The van der Waals surface area contributed by atoms with Gasteiger partial charge >= 0.3 is 0 Å². The van der Waals surface area contributed by atoms with Crippen molar-refractivity contribution in [3.8, 4) is 0 Å². The van der Waals surface area contributed by atoms with E-state index in [4.69, 9.17) is 0 Å². The van der Waals surface area contributed by atoms with Crippen molar-refractivity contribution in [3.63, 3.8) is 0 Å². The average Bonchev–Trinajstić information content (AvgIpc) is 2.60. The van der Waals surface area contributed by atoms with Crippen molar-refractivity contribution in [1.82, 2.24) is 9.88 Å². The molecule has 1 aromatic heterocycles. The highest BCUT2D eigenvalue weighted by molar-refractivity contribution is 5.97. The van der Waals surface area contributed by atoms with Gasteiger partial charge in [-0.2, -0.15) is 0 Å². The molecule has 23 heavy (non-hydrogen) atoms. The molecule has 3 nitrogen and oxygen atoms in total. The number of aromatic nitrogens is 1. The molecule has 0 spiro atoms. The van der Waals surface area contributed by atoms with Crippen molar-refractivity contribution < 1.29 is 4.79 Å². The zero-order chi connectivity index (χ0) is 16.0. The van der Waals surface area contributed by atoms with Crippen LogP contribution in [0.1, 0.15) is 64.4 Å². The first-order valence-corrected chi connectivity index (χ1v) is 9.04. The largest absolute Gasteiger partial charge is 0.361 e. The third-order valence-electron chi connectivity index (χ3n) is 6.58. The number of piperidine rings is 1. The summed E-state index contributed by atoms with van der Waals surface area (Å²) in [4.78, 5) is 19.6. The number of hydrogen-bond acceptors (Lipinski definition) is 3. The van der Waals surface area contributed by atoms with Crippen LogP contribution in [0.25, 0.3) is 0 Å². The summed E-state index contributed by atoms with van der Waals surface area (Å²) in [6.07, 6.45) is 12.0. The Balaban J connectivity index is 1.87. The highest BCUT2D eigenvalue weighted by Gasteiger charge is 2.52. The van der Waals surface area contributed by atoms with Gasteiger partial charge in [-0.1, -0.05) is 12.8 Å². The third kappa shape index (κ3) is 2.16. The van der Waals surface area contributed by atoms with Crippen molar-refractivity contribution in [2.45, 2.75) is 70.4 Å². The van der Waals surface area contributed by atoms with E-state index in [9.17, 15) is 4.79 Å². The van der Waals surface area contributed by atoms with Crippen molar-refractivity contribution in [2.24, 2.45) is 5.92 Å². The Morgan fingerprint density at radius 1 is 1.13 bits per heavy atom. The van der Waals surface area contributed by atoms with Gasteiger partial charge in [0, 0.05) is 36.1 Å². The summed E-state index contributed by atoms with van der Waals surface area (Å²) >= 11 is 0. The average molecular weight is 310 g/mol. The molecule has 0 bridgehead atoms. The van der Waals surface area contributed by atoms with Crippen LogP contribution in [-0.4, -0.2) is 21.7 Å². The fourth-order valence-corrected chi connectivity index (χ4v) is 5.30. The lowest BCUT2D eigenvalue weighted by molar-refractivity contribution is -0.124. The third-order valence-corrected chi connectivity index (χ3v) is 6.58. The lowest BCUT2D eigenvalue weighted by Crippen LogP contribution is -2.60. The Morgan fingerprint density at radius 2 is 1.87 bits per heavy atom. The van der Waals surface area contributed by atoms with E-state index < -0.39 is 0 Å². The summed E-state index contributed by atoms with van der Waals surface area (Å²) in [6, 6.07) is 4.85. The van der Waals surface area contributed by atoms with Gasteiger partial charge in [-0.3, -0.25) is 9.78 Å². The van der Waals surface area contributed by atoms with Gasteiger partial charge in [-0.05, 0) is 63.1 Å². The van der Waals surface area contributed by atoms with E-state index in [0.29, 0.717) is 18.2 Å². The number of fused-ring (bicyclic) bond motifs is 3. The zero-order valence-corrected chi connectivity index (χ0v) is 14.2. The predicted molar refractivity (Wildman–Crippen MR) is 90.7 cm³/mol. The summed E-state index contributed by atoms with van der Waals surface area (Å²) in [5, 5.41) is 0. The van der Waals surface area contributed by atoms with Gasteiger partial charge < -0.3 is 4.90 Å². The normalized spacial score (nSPS) is 34.2. The first kappa shape index (κ1) is 14.9. The van der Waals surface area contributed by atoms with E-state index in [-0.39, 0.29) is 5.54 Å². The monoisotopic (exact) mass is 310 g/mol. The molecule has 0 N–H and O–H groups in total. The molecular formula is C20H26N2O. The SMILES string of the molecule is CC1=C(C)N2C3CCCCC3CCC2(c2ccncc2)CC1=O. The first-order valence-electron chi connectivity index (χ1n) is 9.04. The summed E-state index contributed by atoms with van der Waals surface area (Å²) in [7, 11) is 0. The molecule has 3 atom stereocenters. The number of ketones is 1. The molecule has 1 aromatic rings. The number of nitrogens with zero attached hydrogens (tertiary/aromatic N) is 2. The Labute approximate surface area is 138 Å². The number of allylic oxidation sites excluding steroid dienone is 2. The minimum Gasteiger partial charge on any atom is -0.361 e. The van der Waals surface area contributed by atoms with Gasteiger partial charge in [0.1, 0.15) is 0 Å². The van der Waals surface area contributed by atoms with Gasteiger partial charge in [0.05, 0.1) is 5.54 Å². The van der Waals surface area contributed by atoms with Gasteiger partial charge in [-0.25, -0.2) is 0 Å². The molecule has 2 aliphatic heterocycles. The van der Waals surface area contributed by atoms with Crippen LogP contribution in [0.5, 0.6) is 0 Å². The van der Waals surface area contributed by atoms with Crippen molar-refractivity contribution in [3.05, 3.63) is 41.4 Å². The number of carbonyl (C=O) groups excluding carboxylic acids is 1. The van der Waals surface area contributed by atoms with Gasteiger partial charge in [0.15, 0.2) is 5.78 Å². The van der Waals surface area contributed by atoms with E-state index in [1.807, 2.05) is 19.3 Å². The maximum absolute atomic E-state index is 12.7. The maximum Gasteiger partial charge on any atom is 0.162 e. The summed E-state index contributed by atoms with van der Waals surface area (Å²) in [5.41, 5.74) is 3.33. The molecule has 0 radical (unpaired) electrons. The summed E-state index contributed by atoms with van der Waals surface area (Å²) < 4.78 is 0. The molecule has 1 aliphatic carbocycles. The number of Topliss-reactive ketones (excluding diaryl/α,β-unsaturated/α-hetero) is 1. The maximum atomic E-state index is 12.7. The molecule has 0 aromatic carbocycles. The van der Waals surface area contributed by atoms with E-state index in [2.05, 4.69) is 28.9 Å². The van der Waals surface area contributed by atoms with Crippen LogP contribution in [-0.2, 0) is 10.3 Å². The predicted octanol–water partition coefficient (Wildman–Crippen LogP) is 4.20. The fraction of sp³-hybridized carbons (Fsp3) is 0.600. The lowest BCUT2D eigenvalue weighted by Gasteiger charge is -2.59. The summed E-state index contributed by atoms with van der Waals surface area (Å²) in [5.74, 6) is 1.12. The Kier molecular flexibility index (Phi) is 3.55. The van der Waals surface area contributed by atoms with Gasteiger partial charge in [0.25, 0.3) is 0 Å². The van der Waals surface area contributed by atoms with Crippen LogP contribution in [0.15, 0.2) is 35.8 Å². The Hall–Kier alpha value is -1.64. The van der Waals surface area contributed by atoms with E-state index in [1.165, 1.54) is 43.4 Å². The zero-order valence-electron chi connectivity index (χ0n) is 14.2. The quantitative estimate of drug-likeness (QED) is 0.779. The highest BCUT2D eigenvalue weighted by Crippen LogP contribution is 2.53. The van der Waals surface area contributed by atoms with Crippen molar-refractivity contribution >= 4 is 5.78 Å². The molecule has 3 heterocycles. The van der Waals surface area contributed by atoms with Crippen molar-refractivity contribution in [2.75, 3.05) is 0 Å². The lowest BCUT2D eigenvalue weighted by atomic mass is 9.66. The van der Waals surface area contributed by atoms with Crippen molar-refractivity contribution in [1.29, 1.82) is 0 Å².